The van der Waals surface area contributed by atoms with Gasteiger partial charge in [-0.1, -0.05) is 58.3 Å². The predicted molar refractivity (Wildman–Crippen MR) is 83.7 cm³/mol. The first-order chi connectivity index (χ1) is 9.23. The van der Waals surface area contributed by atoms with Crippen LogP contribution < -0.4 is 5.32 Å². The Labute approximate surface area is 120 Å². The van der Waals surface area contributed by atoms with Crippen LogP contribution >= 0.6 is 0 Å². The van der Waals surface area contributed by atoms with Crippen LogP contribution in [0.15, 0.2) is 0 Å². The first-order valence-electron chi connectivity index (χ1n) is 8.54. The molecular weight excluding hydrogens is 234 g/mol. The van der Waals surface area contributed by atoms with Crippen molar-refractivity contribution in [3.63, 3.8) is 0 Å². The van der Waals surface area contributed by atoms with Gasteiger partial charge in [0.2, 0.25) is 0 Å². The molecule has 0 amide bonds. The van der Waals surface area contributed by atoms with Gasteiger partial charge in [-0.3, -0.25) is 0 Å². The quantitative estimate of drug-likeness (QED) is 0.550. The molecule has 2 atom stereocenters. The minimum absolute atomic E-state index is 0.0931. The van der Waals surface area contributed by atoms with Crippen LogP contribution in [0.25, 0.3) is 0 Å². The van der Waals surface area contributed by atoms with Crippen molar-refractivity contribution in [1.82, 2.24) is 5.32 Å². The number of hydrogen-bond acceptors (Lipinski definition) is 2. The maximum absolute atomic E-state index is 5.95. The zero-order chi connectivity index (χ0) is 14.0. The van der Waals surface area contributed by atoms with Gasteiger partial charge in [-0.2, -0.15) is 0 Å². The number of hydrogen-bond donors (Lipinski definition) is 1. The highest BCUT2D eigenvalue weighted by Gasteiger charge is 2.36. The van der Waals surface area contributed by atoms with E-state index in [0.29, 0.717) is 6.04 Å². The van der Waals surface area contributed by atoms with Gasteiger partial charge >= 0.3 is 0 Å². The molecule has 1 rings (SSSR count). The Balaban J connectivity index is 2.03. The lowest BCUT2D eigenvalue weighted by Gasteiger charge is -2.33. The van der Waals surface area contributed by atoms with Gasteiger partial charge in [0.25, 0.3) is 0 Å². The van der Waals surface area contributed by atoms with E-state index in [1.807, 2.05) is 0 Å². The summed E-state index contributed by atoms with van der Waals surface area (Å²) in [4.78, 5) is 0. The number of unbranched alkanes of at least 4 members (excludes halogenated alkanes) is 7. The molecule has 0 aromatic carbocycles. The minimum atomic E-state index is 0.0931. The molecule has 2 heteroatoms. The normalized spacial score (nSPS) is 24.8. The molecular formula is C17H35NO. The third-order valence-corrected chi connectivity index (χ3v) is 4.68. The van der Waals surface area contributed by atoms with Crippen LogP contribution in [-0.4, -0.2) is 25.3 Å². The number of rotatable bonds is 11. The summed E-state index contributed by atoms with van der Waals surface area (Å²) < 4.78 is 5.95. The molecule has 2 unspecified atom stereocenters. The molecule has 1 saturated heterocycles. The predicted octanol–water partition coefficient (Wildman–Crippen LogP) is 4.67. The summed E-state index contributed by atoms with van der Waals surface area (Å²) in [5.74, 6) is 0. The van der Waals surface area contributed by atoms with Crippen LogP contribution in [-0.2, 0) is 4.74 Å². The Morgan fingerprint density at radius 1 is 1.05 bits per heavy atom. The van der Waals surface area contributed by atoms with Crippen molar-refractivity contribution < 1.29 is 4.74 Å². The molecule has 1 N–H and O–H groups in total. The van der Waals surface area contributed by atoms with Crippen molar-refractivity contribution >= 4 is 0 Å². The molecule has 0 aliphatic carbocycles. The van der Waals surface area contributed by atoms with E-state index in [0.717, 1.165) is 6.61 Å². The average Bonchev–Trinajstić information content (AvgIpc) is 2.85. The monoisotopic (exact) mass is 269 g/mol. The second-order valence-electron chi connectivity index (χ2n) is 6.37. The molecule has 1 heterocycles. The maximum Gasteiger partial charge on any atom is 0.0807 e. The van der Waals surface area contributed by atoms with Crippen molar-refractivity contribution in [2.24, 2.45) is 0 Å². The van der Waals surface area contributed by atoms with E-state index in [2.05, 4.69) is 26.2 Å². The lowest BCUT2D eigenvalue weighted by atomic mass is 9.89. The summed E-state index contributed by atoms with van der Waals surface area (Å²) in [5.41, 5.74) is 0.0931. The number of likely N-dealkylation sites (N-methyl/N-ethyl adjacent to an activating group) is 1. The Morgan fingerprint density at radius 3 is 2.21 bits per heavy atom. The maximum atomic E-state index is 5.95. The summed E-state index contributed by atoms with van der Waals surface area (Å²) >= 11 is 0. The van der Waals surface area contributed by atoms with E-state index in [-0.39, 0.29) is 5.60 Å². The van der Waals surface area contributed by atoms with Crippen LogP contribution in [0.2, 0.25) is 0 Å². The fourth-order valence-electron chi connectivity index (χ4n) is 3.31. The first-order valence-corrected chi connectivity index (χ1v) is 8.54. The van der Waals surface area contributed by atoms with Gasteiger partial charge in [0.05, 0.1) is 5.60 Å². The van der Waals surface area contributed by atoms with Crippen LogP contribution in [0.4, 0.5) is 0 Å². The van der Waals surface area contributed by atoms with E-state index in [1.54, 1.807) is 0 Å². The number of ether oxygens (including phenoxy) is 1. The van der Waals surface area contributed by atoms with Gasteiger partial charge in [-0.25, -0.2) is 0 Å². The second-order valence-corrected chi connectivity index (χ2v) is 6.37. The fourth-order valence-corrected chi connectivity index (χ4v) is 3.31. The molecule has 0 saturated carbocycles. The van der Waals surface area contributed by atoms with E-state index in [1.165, 1.54) is 70.6 Å². The zero-order valence-corrected chi connectivity index (χ0v) is 13.5. The van der Waals surface area contributed by atoms with Crippen molar-refractivity contribution in [2.75, 3.05) is 13.7 Å². The Kier molecular flexibility index (Phi) is 8.72. The van der Waals surface area contributed by atoms with Gasteiger partial charge < -0.3 is 10.1 Å². The average molecular weight is 269 g/mol. The zero-order valence-electron chi connectivity index (χ0n) is 13.5. The molecule has 2 nitrogen and oxygen atoms in total. The molecule has 0 aromatic heterocycles. The summed E-state index contributed by atoms with van der Waals surface area (Å²) in [5, 5.41) is 3.48. The minimum Gasteiger partial charge on any atom is -0.374 e. The Bertz CT molecular complexity index is 211. The standard InChI is InChI=1S/C17H35NO/c1-4-5-6-7-8-9-10-11-13-16(18-3)17(2)14-12-15-19-17/h16,18H,4-15H2,1-3H3. The molecule has 0 aromatic rings. The smallest absolute Gasteiger partial charge is 0.0807 e. The van der Waals surface area contributed by atoms with Crippen LogP contribution in [0.5, 0.6) is 0 Å². The number of nitrogens with one attached hydrogen (secondary N) is 1. The molecule has 0 spiro atoms. The van der Waals surface area contributed by atoms with Crippen molar-refractivity contribution in [3.05, 3.63) is 0 Å². The lowest BCUT2D eigenvalue weighted by Crippen LogP contribution is -2.46. The highest BCUT2D eigenvalue weighted by Crippen LogP contribution is 2.30. The van der Waals surface area contributed by atoms with Gasteiger partial charge in [0.15, 0.2) is 0 Å². The molecule has 1 aliphatic heterocycles. The van der Waals surface area contributed by atoms with E-state index >= 15 is 0 Å². The highest BCUT2D eigenvalue weighted by atomic mass is 16.5. The molecule has 114 valence electrons. The van der Waals surface area contributed by atoms with E-state index in [4.69, 9.17) is 4.74 Å². The van der Waals surface area contributed by atoms with Crippen LogP contribution in [0.3, 0.4) is 0 Å². The largest absolute Gasteiger partial charge is 0.374 e. The summed E-state index contributed by atoms with van der Waals surface area (Å²) in [7, 11) is 2.09. The fraction of sp³-hybridized carbons (Fsp3) is 1.00. The van der Waals surface area contributed by atoms with Crippen molar-refractivity contribution in [2.45, 2.75) is 96.1 Å². The van der Waals surface area contributed by atoms with Crippen LogP contribution in [0, 0.1) is 0 Å². The van der Waals surface area contributed by atoms with Gasteiger partial charge in [0.1, 0.15) is 0 Å². The third-order valence-electron chi connectivity index (χ3n) is 4.68. The lowest BCUT2D eigenvalue weighted by molar-refractivity contribution is -0.0124. The first kappa shape index (κ1) is 17.0. The van der Waals surface area contributed by atoms with Gasteiger partial charge in [0, 0.05) is 12.6 Å². The Morgan fingerprint density at radius 2 is 1.68 bits per heavy atom. The molecule has 1 aliphatic rings. The summed E-state index contributed by atoms with van der Waals surface area (Å²) in [6.07, 6.45) is 14.9. The molecule has 1 fully saturated rings. The highest BCUT2D eigenvalue weighted by molar-refractivity contribution is 4.91. The Hall–Kier alpha value is -0.0800. The van der Waals surface area contributed by atoms with Gasteiger partial charge in [-0.05, 0) is 33.2 Å². The van der Waals surface area contributed by atoms with Crippen LogP contribution in [0.1, 0.15) is 84.5 Å². The molecule has 0 radical (unpaired) electrons. The van der Waals surface area contributed by atoms with E-state index in [9.17, 15) is 0 Å². The van der Waals surface area contributed by atoms with Crippen molar-refractivity contribution in [3.8, 4) is 0 Å². The topological polar surface area (TPSA) is 21.3 Å². The second kappa shape index (κ2) is 9.77. The van der Waals surface area contributed by atoms with Gasteiger partial charge in [-0.15, -0.1) is 0 Å². The van der Waals surface area contributed by atoms with E-state index < -0.39 is 0 Å². The summed E-state index contributed by atoms with van der Waals surface area (Å²) in [6.45, 7) is 5.52. The molecule has 19 heavy (non-hydrogen) atoms. The third kappa shape index (κ3) is 6.27. The summed E-state index contributed by atoms with van der Waals surface area (Å²) in [6, 6.07) is 0.537. The SMILES string of the molecule is CCCCCCCCCCC(NC)C1(C)CCCO1. The van der Waals surface area contributed by atoms with Crippen molar-refractivity contribution in [1.29, 1.82) is 0 Å². The molecule has 0 bridgehead atoms.